The highest BCUT2D eigenvalue weighted by Crippen LogP contribution is 2.34. The molecule has 1 aliphatic rings. The van der Waals surface area contributed by atoms with Crippen LogP contribution in [0.5, 0.6) is 5.75 Å². The summed E-state index contributed by atoms with van der Waals surface area (Å²) in [6.45, 7) is 4.91. The predicted molar refractivity (Wildman–Crippen MR) is 139 cm³/mol. The third kappa shape index (κ3) is 6.84. The van der Waals surface area contributed by atoms with Gasteiger partial charge >= 0.3 is 0 Å². The smallest absolute Gasteiger partial charge is 0.247 e. The molecule has 0 saturated carbocycles. The molecule has 196 valence electrons. The van der Waals surface area contributed by atoms with Crippen molar-refractivity contribution in [3.05, 3.63) is 59.4 Å². The van der Waals surface area contributed by atoms with E-state index in [-0.39, 0.29) is 41.6 Å². The van der Waals surface area contributed by atoms with E-state index in [9.17, 15) is 17.9 Å². The molecule has 2 aromatic carbocycles. The molecule has 2 aromatic rings. The highest BCUT2D eigenvalue weighted by Gasteiger charge is 2.38. The average Bonchev–Trinajstić information content (AvgIpc) is 2.82. The first-order valence-corrected chi connectivity index (χ1v) is 13.5. The van der Waals surface area contributed by atoms with Gasteiger partial charge in [-0.25, -0.2) is 12.8 Å². The molecule has 0 aromatic heterocycles. The molecule has 0 bridgehead atoms. The van der Waals surface area contributed by atoms with Gasteiger partial charge in [0.15, 0.2) is 0 Å². The Morgan fingerprint density at radius 3 is 2.61 bits per heavy atom. The summed E-state index contributed by atoms with van der Waals surface area (Å²) < 4.78 is 49.1. The van der Waals surface area contributed by atoms with Crippen LogP contribution in [-0.2, 0) is 16.6 Å². The van der Waals surface area contributed by atoms with Crippen molar-refractivity contribution < 1.29 is 22.7 Å². The van der Waals surface area contributed by atoms with Crippen LogP contribution in [0.25, 0.3) is 0 Å². The Morgan fingerprint density at radius 2 is 1.94 bits per heavy atom. The molecule has 36 heavy (non-hydrogen) atoms. The average molecular weight is 518 g/mol. The lowest BCUT2D eigenvalue weighted by Crippen LogP contribution is -2.49. The summed E-state index contributed by atoms with van der Waals surface area (Å²) in [5.41, 5.74) is 1.23. The van der Waals surface area contributed by atoms with E-state index in [1.54, 1.807) is 37.3 Å². The summed E-state index contributed by atoms with van der Waals surface area (Å²) >= 11 is 0. The van der Waals surface area contributed by atoms with Crippen LogP contribution in [-0.4, -0.2) is 87.2 Å². The monoisotopic (exact) mass is 517 g/mol. The van der Waals surface area contributed by atoms with Gasteiger partial charge in [-0.1, -0.05) is 37.0 Å². The number of nitrogens with zero attached hydrogens (tertiary/aromatic N) is 3. The number of likely N-dealkylation sites (N-methyl/N-ethyl adjacent to an activating group) is 1. The molecule has 3 rings (SSSR count). The summed E-state index contributed by atoms with van der Waals surface area (Å²) in [6.07, 6.45) is -0.380. The lowest BCUT2D eigenvalue weighted by atomic mass is 10.0. The van der Waals surface area contributed by atoms with E-state index < -0.39 is 16.1 Å². The van der Waals surface area contributed by atoms with Crippen LogP contribution in [0.15, 0.2) is 47.4 Å². The normalized spacial score (nSPS) is 20.6. The minimum absolute atomic E-state index is 0.0506. The van der Waals surface area contributed by atoms with Gasteiger partial charge in [0, 0.05) is 42.7 Å². The van der Waals surface area contributed by atoms with Crippen LogP contribution in [0.4, 0.5) is 4.39 Å². The third-order valence-corrected chi connectivity index (χ3v) is 8.20. The predicted octanol–water partition coefficient (Wildman–Crippen LogP) is 2.64. The molecule has 7 nitrogen and oxygen atoms in total. The number of halogens is 1. The molecular weight excluding hydrogens is 481 g/mol. The van der Waals surface area contributed by atoms with E-state index in [2.05, 4.69) is 11.8 Å². The molecular formula is C27H36FN3O4S. The maximum atomic E-state index is 14.2. The molecule has 0 radical (unpaired) electrons. The van der Waals surface area contributed by atoms with E-state index >= 15 is 0 Å². The fraction of sp³-hybridized carbons (Fsp3) is 0.481. The Labute approximate surface area is 214 Å². The number of benzene rings is 2. The zero-order valence-electron chi connectivity index (χ0n) is 21.6. The van der Waals surface area contributed by atoms with E-state index in [0.717, 1.165) is 0 Å². The Kier molecular flexibility index (Phi) is 9.50. The number of fused-ring (bicyclic) bond motifs is 1. The quantitative estimate of drug-likeness (QED) is 0.570. The van der Waals surface area contributed by atoms with Crippen molar-refractivity contribution >= 4 is 10.0 Å². The lowest BCUT2D eigenvalue weighted by molar-refractivity contribution is 0.0731. The van der Waals surface area contributed by atoms with Crippen LogP contribution < -0.4 is 4.74 Å². The molecule has 0 saturated heterocycles. The highest BCUT2D eigenvalue weighted by molar-refractivity contribution is 7.89. The highest BCUT2D eigenvalue weighted by atomic mass is 32.2. The maximum absolute atomic E-state index is 14.2. The minimum atomic E-state index is -3.91. The van der Waals surface area contributed by atoms with E-state index in [4.69, 9.17) is 4.74 Å². The van der Waals surface area contributed by atoms with E-state index in [1.165, 1.54) is 16.4 Å². The first-order valence-electron chi connectivity index (χ1n) is 12.0. The van der Waals surface area contributed by atoms with Crippen LogP contribution in [0.3, 0.4) is 0 Å². The van der Waals surface area contributed by atoms with Gasteiger partial charge in [-0.15, -0.1) is 0 Å². The van der Waals surface area contributed by atoms with E-state index in [0.29, 0.717) is 30.8 Å². The lowest BCUT2D eigenvalue weighted by Gasteiger charge is -2.37. The molecule has 9 heteroatoms. The molecule has 1 heterocycles. The van der Waals surface area contributed by atoms with Gasteiger partial charge in [-0.05, 0) is 52.3 Å². The summed E-state index contributed by atoms with van der Waals surface area (Å²) in [5.74, 6) is 5.90. The number of aliphatic hydroxyl groups excluding tert-OH is 1. The first kappa shape index (κ1) is 28.1. The summed E-state index contributed by atoms with van der Waals surface area (Å²) in [5, 5.41) is 9.80. The fourth-order valence-electron chi connectivity index (χ4n) is 4.11. The number of hydrogen-bond donors (Lipinski definition) is 1. The Bertz CT molecular complexity index is 1210. The maximum Gasteiger partial charge on any atom is 0.247 e. The summed E-state index contributed by atoms with van der Waals surface area (Å²) in [7, 11) is 1.81. The van der Waals surface area contributed by atoms with Crippen molar-refractivity contribution in [1.82, 2.24) is 14.1 Å². The number of sulfonamides is 1. The Morgan fingerprint density at radius 1 is 1.22 bits per heavy atom. The second-order valence-corrected chi connectivity index (χ2v) is 11.6. The number of hydrogen-bond acceptors (Lipinski definition) is 6. The van der Waals surface area contributed by atoms with Crippen molar-refractivity contribution in [3.8, 4) is 17.6 Å². The van der Waals surface area contributed by atoms with Gasteiger partial charge in [0.2, 0.25) is 10.0 Å². The van der Waals surface area contributed by atoms with Gasteiger partial charge in [0.05, 0.1) is 13.2 Å². The van der Waals surface area contributed by atoms with Gasteiger partial charge in [0.1, 0.15) is 22.6 Å². The molecule has 1 N–H and O–H groups in total. The molecule has 1 aliphatic heterocycles. The largest absolute Gasteiger partial charge is 0.487 e. The van der Waals surface area contributed by atoms with Crippen LogP contribution in [0.2, 0.25) is 0 Å². The van der Waals surface area contributed by atoms with Gasteiger partial charge < -0.3 is 9.84 Å². The second kappa shape index (κ2) is 12.2. The Balaban J connectivity index is 1.97. The van der Waals surface area contributed by atoms with Crippen molar-refractivity contribution in [2.24, 2.45) is 5.92 Å². The first-order chi connectivity index (χ1) is 17.0. The minimum Gasteiger partial charge on any atom is -0.487 e. The second-order valence-electron chi connectivity index (χ2n) is 9.73. The summed E-state index contributed by atoms with van der Waals surface area (Å²) in [4.78, 5) is 3.96. The zero-order valence-corrected chi connectivity index (χ0v) is 22.4. The zero-order chi connectivity index (χ0) is 26.5. The van der Waals surface area contributed by atoms with Gasteiger partial charge in [-0.3, -0.25) is 9.80 Å². The molecule has 3 atom stereocenters. The molecule has 0 spiro atoms. The fourth-order valence-corrected chi connectivity index (χ4v) is 5.94. The standard InChI is InChI=1S/C27H36FN3O4S/c1-20-16-31(21(2)19-32)36(33,34)27-13-12-22(9-8-14-29(3)4)15-25(27)35-26(20)18-30(5)17-23-10-6-7-11-24(23)28/h6-7,10-13,15,20-21,26,32H,14,16-19H2,1-5H3/t20-,21+,26+/m0/s1. The van der Waals surface area contributed by atoms with Crippen molar-refractivity contribution in [2.75, 3.05) is 47.4 Å². The topological polar surface area (TPSA) is 73.3 Å². The molecule has 0 unspecified atom stereocenters. The number of aliphatic hydroxyl groups is 1. The summed E-state index contributed by atoms with van der Waals surface area (Å²) in [6, 6.07) is 10.9. The van der Waals surface area contributed by atoms with Crippen LogP contribution in [0.1, 0.15) is 25.0 Å². The van der Waals surface area contributed by atoms with Crippen molar-refractivity contribution in [1.29, 1.82) is 0 Å². The van der Waals surface area contributed by atoms with Crippen LogP contribution in [0, 0.1) is 23.6 Å². The Hall–Kier alpha value is -2.48. The number of ether oxygens (including phenoxy) is 1. The molecule has 0 fully saturated rings. The van der Waals surface area contributed by atoms with Crippen molar-refractivity contribution in [3.63, 3.8) is 0 Å². The van der Waals surface area contributed by atoms with Crippen LogP contribution >= 0.6 is 0 Å². The van der Waals surface area contributed by atoms with E-state index in [1.807, 2.05) is 37.9 Å². The SMILES string of the molecule is C[C@H](CO)N1C[C@H](C)[C@@H](CN(C)Cc2ccccc2F)Oc2cc(C#CCN(C)C)ccc2S1(=O)=O. The van der Waals surface area contributed by atoms with Gasteiger partial charge in [-0.2, -0.15) is 4.31 Å². The molecule has 0 amide bonds. The number of rotatable bonds is 7. The van der Waals surface area contributed by atoms with Crippen molar-refractivity contribution in [2.45, 2.75) is 37.4 Å². The van der Waals surface area contributed by atoms with Gasteiger partial charge in [0.25, 0.3) is 0 Å². The molecule has 0 aliphatic carbocycles. The third-order valence-electron chi connectivity index (χ3n) is 6.18.